The van der Waals surface area contributed by atoms with Crippen LogP contribution < -0.4 is 0 Å². The van der Waals surface area contributed by atoms with Crippen LogP contribution in [0.4, 0.5) is 5.69 Å². The van der Waals surface area contributed by atoms with E-state index in [1.54, 1.807) is 24.3 Å². The molecule has 1 aliphatic rings. The summed E-state index contributed by atoms with van der Waals surface area (Å²) in [6, 6.07) is 28.3. The first-order chi connectivity index (χ1) is 14.6. The third-order valence-corrected chi connectivity index (χ3v) is 5.31. The Bertz CT molecular complexity index is 1300. The number of rotatable bonds is 2. The Morgan fingerprint density at radius 2 is 1.30 bits per heavy atom. The van der Waals surface area contributed by atoms with Crippen molar-refractivity contribution in [1.29, 1.82) is 0 Å². The van der Waals surface area contributed by atoms with Crippen LogP contribution in [0, 0.1) is 6.92 Å². The summed E-state index contributed by atoms with van der Waals surface area (Å²) in [4.78, 5) is 32.4. The Balaban J connectivity index is 1.75. The standard InChI is InChI=1S/C26H18N2O2/c1-17-13-15-19(16-14-17)27-24(21-12-6-8-18-7-2-3-9-20(18)21)28-25(29)22-10-4-5-11-23(22)26(28)30/h2-16H,1H3. The molecule has 4 aromatic rings. The minimum absolute atomic E-state index is 0.335. The predicted molar refractivity (Wildman–Crippen MR) is 118 cm³/mol. The van der Waals surface area contributed by atoms with Crippen LogP contribution in [0.5, 0.6) is 0 Å². The predicted octanol–water partition coefficient (Wildman–Crippen LogP) is 5.52. The highest BCUT2D eigenvalue weighted by atomic mass is 16.2. The van der Waals surface area contributed by atoms with E-state index >= 15 is 0 Å². The Morgan fingerprint density at radius 1 is 0.700 bits per heavy atom. The van der Waals surface area contributed by atoms with Gasteiger partial charge in [-0.2, -0.15) is 0 Å². The molecular formula is C26H18N2O2. The maximum absolute atomic E-state index is 13.2. The van der Waals surface area contributed by atoms with Gasteiger partial charge in [0.05, 0.1) is 16.8 Å². The summed E-state index contributed by atoms with van der Waals surface area (Å²) in [5.41, 5.74) is 3.34. The average Bonchev–Trinajstić information content (AvgIpc) is 3.03. The second-order valence-corrected chi connectivity index (χ2v) is 7.29. The van der Waals surface area contributed by atoms with Crippen LogP contribution >= 0.6 is 0 Å². The monoisotopic (exact) mass is 390 g/mol. The molecule has 1 aliphatic heterocycles. The van der Waals surface area contributed by atoms with Crippen molar-refractivity contribution in [2.45, 2.75) is 6.92 Å². The molecule has 0 fully saturated rings. The molecule has 0 bridgehead atoms. The second-order valence-electron chi connectivity index (χ2n) is 7.29. The minimum Gasteiger partial charge on any atom is -0.268 e. The lowest BCUT2D eigenvalue weighted by molar-refractivity contribution is 0.0749. The van der Waals surface area contributed by atoms with Crippen LogP contribution in [0.3, 0.4) is 0 Å². The van der Waals surface area contributed by atoms with Crippen molar-refractivity contribution in [2.24, 2.45) is 4.99 Å². The van der Waals surface area contributed by atoms with Gasteiger partial charge in [-0.25, -0.2) is 9.89 Å². The highest BCUT2D eigenvalue weighted by molar-refractivity contribution is 6.33. The molecule has 4 aromatic carbocycles. The lowest BCUT2D eigenvalue weighted by Crippen LogP contribution is -2.36. The van der Waals surface area contributed by atoms with Gasteiger partial charge in [-0.1, -0.05) is 72.3 Å². The van der Waals surface area contributed by atoms with Gasteiger partial charge in [-0.3, -0.25) is 9.59 Å². The van der Waals surface area contributed by atoms with Crippen molar-refractivity contribution in [3.05, 3.63) is 113 Å². The third kappa shape index (κ3) is 2.90. The zero-order chi connectivity index (χ0) is 20.7. The Morgan fingerprint density at radius 3 is 2.00 bits per heavy atom. The summed E-state index contributed by atoms with van der Waals surface area (Å²) in [6.45, 7) is 2.00. The SMILES string of the molecule is Cc1ccc(N=C(c2cccc3ccccc23)N2C(=O)c3ccccc3C2=O)cc1. The van der Waals surface area contributed by atoms with Crippen LogP contribution in [0.15, 0.2) is 96.0 Å². The van der Waals surface area contributed by atoms with E-state index in [1.807, 2.05) is 73.7 Å². The fourth-order valence-electron chi connectivity index (χ4n) is 3.77. The van der Waals surface area contributed by atoms with Crippen molar-refractivity contribution in [3.63, 3.8) is 0 Å². The Labute approximate surface area is 174 Å². The molecule has 0 saturated heterocycles. The lowest BCUT2D eigenvalue weighted by Gasteiger charge is -2.19. The van der Waals surface area contributed by atoms with Crippen LogP contribution in [0.25, 0.3) is 10.8 Å². The molecule has 0 aromatic heterocycles. The molecule has 0 unspecified atom stereocenters. The van der Waals surface area contributed by atoms with Gasteiger partial charge in [0.25, 0.3) is 11.8 Å². The van der Waals surface area contributed by atoms with Crippen LogP contribution in [0.1, 0.15) is 31.8 Å². The van der Waals surface area contributed by atoms with Gasteiger partial charge in [-0.05, 0) is 42.0 Å². The normalized spacial score (nSPS) is 13.8. The first-order valence-corrected chi connectivity index (χ1v) is 9.75. The largest absolute Gasteiger partial charge is 0.268 e. The third-order valence-electron chi connectivity index (χ3n) is 5.31. The number of benzene rings is 4. The summed E-state index contributed by atoms with van der Waals surface area (Å²) in [7, 11) is 0. The van der Waals surface area contributed by atoms with Crippen molar-refractivity contribution >= 4 is 34.1 Å². The summed E-state index contributed by atoms with van der Waals surface area (Å²) >= 11 is 0. The Hall–Kier alpha value is -4.05. The number of carbonyl (C=O) groups excluding carboxylic acids is 2. The van der Waals surface area contributed by atoms with Gasteiger partial charge in [0.1, 0.15) is 0 Å². The minimum atomic E-state index is -0.352. The topological polar surface area (TPSA) is 49.7 Å². The van der Waals surface area contributed by atoms with E-state index in [2.05, 4.69) is 0 Å². The van der Waals surface area contributed by atoms with Gasteiger partial charge in [0, 0.05) is 5.56 Å². The molecular weight excluding hydrogens is 372 g/mol. The molecule has 4 heteroatoms. The second kappa shape index (κ2) is 7.08. The summed E-state index contributed by atoms with van der Waals surface area (Å²) in [5.74, 6) is -0.370. The van der Waals surface area contributed by atoms with Crippen molar-refractivity contribution in [1.82, 2.24) is 4.90 Å². The van der Waals surface area contributed by atoms with Crippen LogP contribution in [0.2, 0.25) is 0 Å². The first kappa shape index (κ1) is 18.0. The molecule has 5 rings (SSSR count). The smallest absolute Gasteiger partial charge is 0.267 e. The number of amides is 2. The van der Waals surface area contributed by atoms with E-state index in [1.165, 1.54) is 4.90 Å². The van der Waals surface area contributed by atoms with E-state index in [-0.39, 0.29) is 11.8 Å². The van der Waals surface area contributed by atoms with Crippen molar-refractivity contribution in [2.75, 3.05) is 0 Å². The van der Waals surface area contributed by atoms with Crippen molar-refractivity contribution in [3.8, 4) is 0 Å². The fourth-order valence-corrected chi connectivity index (χ4v) is 3.77. The van der Waals surface area contributed by atoms with Crippen LogP contribution in [-0.4, -0.2) is 22.5 Å². The van der Waals surface area contributed by atoms with Gasteiger partial charge < -0.3 is 0 Å². The van der Waals surface area contributed by atoms with E-state index in [4.69, 9.17) is 4.99 Å². The number of carbonyl (C=O) groups is 2. The van der Waals surface area contributed by atoms with Gasteiger partial charge in [-0.15, -0.1) is 0 Å². The number of hydrogen-bond donors (Lipinski definition) is 0. The molecule has 0 aliphatic carbocycles. The van der Waals surface area contributed by atoms with E-state index in [0.717, 1.165) is 21.9 Å². The van der Waals surface area contributed by atoms with Crippen molar-refractivity contribution < 1.29 is 9.59 Å². The number of hydrogen-bond acceptors (Lipinski definition) is 3. The molecule has 4 nitrogen and oxygen atoms in total. The molecule has 30 heavy (non-hydrogen) atoms. The Kier molecular flexibility index (Phi) is 4.25. The van der Waals surface area contributed by atoms with Gasteiger partial charge in [0.15, 0.2) is 5.84 Å². The number of aliphatic imine (C=N–C) groups is 1. The maximum atomic E-state index is 13.2. The van der Waals surface area contributed by atoms with Gasteiger partial charge in [0.2, 0.25) is 0 Å². The molecule has 0 radical (unpaired) electrons. The quantitative estimate of drug-likeness (QED) is 0.257. The van der Waals surface area contributed by atoms with E-state index in [0.29, 0.717) is 22.6 Å². The number of fused-ring (bicyclic) bond motifs is 2. The molecule has 0 saturated carbocycles. The average molecular weight is 390 g/mol. The summed E-state index contributed by atoms with van der Waals surface area (Å²) in [5, 5.41) is 1.95. The molecule has 2 amide bonds. The lowest BCUT2D eigenvalue weighted by atomic mass is 10.0. The number of nitrogens with zero attached hydrogens (tertiary/aromatic N) is 2. The molecule has 0 spiro atoms. The van der Waals surface area contributed by atoms with E-state index < -0.39 is 0 Å². The highest BCUT2D eigenvalue weighted by Gasteiger charge is 2.39. The fraction of sp³-hybridized carbons (Fsp3) is 0.0385. The summed E-state index contributed by atoms with van der Waals surface area (Å²) < 4.78 is 0. The van der Waals surface area contributed by atoms with Gasteiger partial charge >= 0.3 is 0 Å². The molecule has 1 heterocycles. The molecule has 144 valence electrons. The zero-order valence-electron chi connectivity index (χ0n) is 16.4. The maximum Gasteiger partial charge on any atom is 0.267 e. The molecule has 0 atom stereocenters. The first-order valence-electron chi connectivity index (χ1n) is 9.75. The summed E-state index contributed by atoms with van der Waals surface area (Å²) in [6.07, 6.45) is 0. The zero-order valence-corrected chi connectivity index (χ0v) is 16.4. The van der Waals surface area contributed by atoms with E-state index in [9.17, 15) is 9.59 Å². The highest BCUT2D eigenvalue weighted by Crippen LogP contribution is 2.29. The number of amidine groups is 1. The number of aryl methyl sites for hydroxylation is 1. The number of imide groups is 1. The molecule has 0 N–H and O–H groups in total. The van der Waals surface area contributed by atoms with Crippen LogP contribution in [-0.2, 0) is 0 Å².